The summed E-state index contributed by atoms with van der Waals surface area (Å²) in [4.78, 5) is 0. The highest BCUT2D eigenvalue weighted by molar-refractivity contribution is 6.02. The van der Waals surface area contributed by atoms with Crippen LogP contribution in [0.1, 0.15) is 11.1 Å². The molecule has 0 aliphatic carbocycles. The lowest BCUT2D eigenvalue weighted by molar-refractivity contribution is 0.306. The molecule has 0 unspecified atom stereocenters. The van der Waals surface area contributed by atoms with Gasteiger partial charge in [0, 0.05) is 19.7 Å². The Kier molecular flexibility index (Phi) is 4.57. The van der Waals surface area contributed by atoms with E-state index in [1.807, 2.05) is 56.7 Å². The molecule has 0 N–H and O–H groups in total. The molecule has 3 rings (SSSR count). The molecule has 0 heterocycles. The van der Waals surface area contributed by atoms with Gasteiger partial charge in [-0.1, -0.05) is 60.7 Å². The number of ether oxygens (including phenoxy) is 1. The van der Waals surface area contributed by atoms with Gasteiger partial charge < -0.3 is 9.75 Å². The lowest BCUT2D eigenvalue weighted by Crippen LogP contribution is -2.04. The number of hydrogen-bond acceptors (Lipinski definition) is 3. The monoisotopic (exact) mass is 304 g/mol. The second-order valence-corrected chi connectivity index (χ2v) is 5.56. The molecule has 3 nitrogen and oxygen atoms in total. The molecule has 0 saturated carbocycles. The Labute approximate surface area is 136 Å². The maximum absolute atomic E-state index is 6.05. The van der Waals surface area contributed by atoms with Gasteiger partial charge in [0.15, 0.2) is 0 Å². The van der Waals surface area contributed by atoms with E-state index in [1.165, 1.54) is 5.39 Å². The molecule has 23 heavy (non-hydrogen) atoms. The van der Waals surface area contributed by atoms with Crippen LogP contribution < -0.4 is 4.74 Å². The van der Waals surface area contributed by atoms with Crippen LogP contribution in [0.5, 0.6) is 5.75 Å². The fourth-order valence-electron chi connectivity index (χ4n) is 2.44. The number of hydrazone groups is 1. The molecule has 0 bridgehead atoms. The fourth-order valence-corrected chi connectivity index (χ4v) is 2.44. The molecule has 0 fully saturated rings. The van der Waals surface area contributed by atoms with Crippen LogP contribution in [0.3, 0.4) is 0 Å². The van der Waals surface area contributed by atoms with Crippen molar-refractivity contribution in [3.8, 4) is 5.75 Å². The first kappa shape index (κ1) is 15.1. The van der Waals surface area contributed by atoms with Crippen LogP contribution >= 0.6 is 0 Å². The topological polar surface area (TPSA) is 24.8 Å². The van der Waals surface area contributed by atoms with Crippen molar-refractivity contribution in [3.63, 3.8) is 0 Å². The van der Waals surface area contributed by atoms with Crippen molar-refractivity contribution < 1.29 is 4.74 Å². The Bertz CT molecular complexity index is 810. The van der Waals surface area contributed by atoms with E-state index in [4.69, 9.17) is 4.74 Å². The first-order valence-corrected chi connectivity index (χ1v) is 7.64. The summed E-state index contributed by atoms with van der Waals surface area (Å²) in [5.74, 6) is 0.846. The van der Waals surface area contributed by atoms with Crippen LogP contribution in [0.15, 0.2) is 71.8 Å². The van der Waals surface area contributed by atoms with Gasteiger partial charge in [-0.2, -0.15) is 5.10 Å². The number of benzene rings is 3. The normalized spacial score (nSPS) is 11.0. The molecule has 3 aromatic rings. The van der Waals surface area contributed by atoms with Gasteiger partial charge in [-0.05, 0) is 22.4 Å². The Balaban J connectivity index is 1.96. The number of fused-ring (bicyclic) bond motifs is 1. The van der Waals surface area contributed by atoms with E-state index in [9.17, 15) is 0 Å². The summed E-state index contributed by atoms with van der Waals surface area (Å²) in [7, 11) is 3.82. The highest BCUT2D eigenvalue weighted by Crippen LogP contribution is 2.27. The third-order valence-corrected chi connectivity index (χ3v) is 3.59. The summed E-state index contributed by atoms with van der Waals surface area (Å²) in [6, 6.07) is 22.6. The van der Waals surface area contributed by atoms with E-state index < -0.39 is 0 Å². The maximum atomic E-state index is 6.05. The highest BCUT2D eigenvalue weighted by atomic mass is 16.5. The van der Waals surface area contributed by atoms with Crippen molar-refractivity contribution in [1.29, 1.82) is 0 Å². The third kappa shape index (κ3) is 3.69. The zero-order valence-electron chi connectivity index (χ0n) is 13.4. The molecule has 0 aromatic heterocycles. The van der Waals surface area contributed by atoms with E-state index >= 15 is 0 Å². The molecule has 0 spiro atoms. The minimum Gasteiger partial charge on any atom is -0.488 e. The molecule has 0 aliphatic heterocycles. The molecular formula is C20H20N2O. The first-order valence-electron chi connectivity index (χ1n) is 7.64. The van der Waals surface area contributed by atoms with E-state index in [-0.39, 0.29) is 0 Å². The van der Waals surface area contributed by atoms with Gasteiger partial charge in [0.05, 0.1) is 6.21 Å². The summed E-state index contributed by atoms with van der Waals surface area (Å²) in [6.45, 7) is 0.544. The number of hydrogen-bond donors (Lipinski definition) is 0. The average Bonchev–Trinajstić information content (AvgIpc) is 2.59. The van der Waals surface area contributed by atoms with Crippen LogP contribution in [0.25, 0.3) is 10.8 Å². The van der Waals surface area contributed by atoms with Crippen molar-refractivity contribution in [2.45, 2.75) is 6.61 Å². The minimum atomic E-state index is 0.544. The Hall–Kier alpha value is -2.81. The van der Waals surface area contributed by atoms with Crippen molar-refractivity contribution >= 4 is 17.0 Å². The van der Waals surface area contributed by atoms with E-state index in [0.717, 1.165) is 22.3 Å². The van der Waals surface area contributed by atoms with Crippen LogP contribution in [-0.2, 0) is 6.61 Å². The van der Waals surface area contributed by atoms with Crippen molar-refractivity contribution in [1.82, 2.24) is 5.01 Å². The second-order valence-electron chi connectivity index (χ2n) is 5.56. The lowest BCUT2D eigenvalue weighted by Gasteiger charge is -2.12. The summed E-state index contributed by atoms with van der Waals surface area (Å²) >= 11 is 0. The van der Waals surface area contributed by atoms with E-state index in [2.05, 4.69) is 35.4 Å². The number of rotatable bonds is 5. The SMILES string of the molecule is CN(C)/N=C/c1c(OCc2ccccc2)ccc2ccccc12. The van der Waals surface area contributed by atoms with Gasteiger partial charge in [-0.25, -0.2) is 0 Å². The van der Waals surface area contributed by atoms with Crippen LogP contribution in [0, 0.1) is 0 Å². The van der Waals surface area contributed by atoms with Gasteiger partial charge in [0.25, 0.3) is 0 Å². The Morgan fingerprint density at radius 3 is 2.43 bits per heavy atom. The lowest BCUT2D eigenvalue weighted by atomic mass is 10.0. The summed E-state index contributed by atoms with van der Waals surface area (Å²) in [5, 5.41) is 8.49. The predicted octanol–water partition coefficient (Wildman–Crippen LogP) is 4.31. The smallest absolute Gasteiger partial charge is 0.129 e. The maximum Gasteiger partial charge on any atom is 0.129 e. The van der Waals surface area contributed by atoms with Gasteiger partial charge in [0.2, 0.25) is 0 Å². The molecule has 0 aliphatic rings. The molecule has 3 aromatic carbocycles. The molecular weight excluding hydrogens is 284 g/mol. The molecule has 0 saturated heterocycles. The Morgan fingerprint density at radius 1 is 0.913 bits per heavy atom. The minimum absolute atomic E-state index is 0.544. The van der Waals surface area contributed by atoms with Crippen molar-refractivity contribution in [2.75, 3.05) is 14.1 Å². The van der Waals surface area contributed by atoms with Crippen LogP contribution in [0.2, 0.25) is 0 Å². The summed E-state index contributed by atoms with van der Waals surface area (Å²) in [5.41, 5.74) is 2.16. The molecule has 0 atom stereocenters. The number of nitrogens with zero attached hydrogens (tertiary/aromatic N) is 2. The van der Waals surface area contributed by atoms with Gasteiger partial charge in [-0.3, -0.25) is 0 Å². The fraction of sp³-hybridized carbons (Fsp3) is 0.150. The highest BCUT2D eigenvalue weighted by Gasteiger charge is 2.07. The largest absolute Gasteiger partial charge is 0.488 e. The predicted molar refractivity (Wildman–Crippen MR) is 96.0 cm³/mol. The van der Waals surface area contributed by atoms with Crippen molar-refractivity contribution in [2.24, 2.45) is 5.10 Å². The van der Waals surface area contributed by atoms with Crippen LogP contribution in [0.4, 0.5) is 0 Å². The standard InChI is InChI=1S/C20H20N2O/c1-22(2)21-14-19-18-11-7-6-10-17(18)12-13-20(19)23-15-16-8-4-3-5-9-16/h3-14H,15H2,1-2H3/b21-14+. The zero-order valence-corrected chi connectivity index (χ0v) is 13.4. The van der Waals surface area contributed by atoms with Gasteiger partial charge in [0.1, 0.15) is 12.4 Å². The van der Waals surface area contributed by atoms with Crippen molar-refractivity contribution in [3.05, 3.63) is 77.9 Å². The molecule has 116 valence electrons. The summed E-state index contributed by atoms with van der Waals surface area (Å²) < 4.78 is 6.05. The summed E-state index contributed by atoms with van der Waals surface area (Å²) in [6.07, 6.45) is 1.86. The van der Waals surface area contributed by atoms with Gasteiger partial charge >= 0.3 is 0 Å². The quantitative estimate of drug-likeness (QED) is 0.518. The average molecular weight is 304 g/mol. The zero-order chi connectivity index (χ0) is 16.1. The molecule has 3 heteroatoms. The first-order chi connectivity index (χ1) is 11.2. The van der Waals surface area contributed by atoms with E-state index in [0.29, 0.717) is 6.61 Å². The van der Waals surface area contributed by atoms with Crippen LogP contribution in [-0.4, -0.2) is 25.3 Å². The second kappa shape index (κ2) is 6.97. The molecule has 0 radical (unpaired) electrons. The molecule has 0 amide bonds. The Morgan fingerprint density at radius 2 is 1.65 bits per heavy atom. The van der Waals surface area contributed by atoms with E-state index in [1.54, 1.807) is 5.01 Å². The van der Waals surface area contributed by atoms with Gasteiger partial charge in [-0.15, -0.1) is 0 Å². The third-order valence-electron chi connectivity index (χ3n) is 3.59.